The van der Waals surface area contributed by atoms with Crippen LogP contribution in [-0.2, 0) is 35.2 Å². The molecule has 0 rings (SSSR count). The largest absolute Gasteiger partial charge is 2.00 e. The van der Waals surface area contributed by atoms with E-state index in [1.165, 1.54) is 0 Å². The van der Waals surface area contributed by atoms with Crippen LogP contribution in [0.5, 0.6) is 0 Å². The summed E-state index contributed by atoms with van der Waals surface area (Å²) >= 11 is 0. The van der Waals surface area contributed by atoms with Crippen molar-refractivity contribution in [2.45, 2.75) is 158 Å². The number of unbranched alkanes of at least 4 members (excludes halogenated alkanes) is 4. The minimum Gasteiger partial charge on any atom is -0.778 e. The first-order chi connectivity index (χ1) is 19.0. The molecule has 0 aliphatic heterocycles. The van der Waals surface area contributed by atoms with Gasteiger partial charge in [0.15, 0.2) is 0 Å². The molecule has 250 valence electrons. The predicted molar refractivity (Wildman–Crippen MR) is 170 cm³/mol. The summed E-state index contributed by atoms with van der Waals surface area (Å²) in [5, 5.41) is 0. The third kappa shape index (κ3) is 28.1. The fourth-order valence-electron chi connectivity index (χ4n) is 4.81. The Morgan fingerprint density at radius 1 is 0.488 bits per heavy atom. The van der Waals surface area contributed by atoms with E-state index in [1.807, 2.05) is 0 Å². The Hall–Kier alpha value is 0.819. The molecule has 0 radical (unpaired) electrons. The fourth-order valence-corrected chi connectivity index (χ4v) is 8.04. The molecule has 41 heavy (non-hydrogen) atoms. The summed E-state index contributed by atoms with van der Waals surface area (Å²) in [6.07, 6.45) is 17.4. The second-order valence-corrected chi connectivity index (χ2v) is 15.5. The Labute approximate surface area is 266 Å². The Morgan fingerprint density at radius 2 is 0.732 bits per heavy atom. The zero-order valence-corrected chi connectivity index (χ0v) is 31.0. The van der Waals surface area contributed by atoms with Crippen molar-refractivity contribution in [3.05, 3.63) is 0 Å². The molecule has 0 aliphatic rings. The average molecular weight is 667 g/mol. The maximum Gasteiger partial charge on any atom is 2.00 e. The van der Waals surface area contributed by atoms with Crippen molar-refractivity contribution in [2.75, 3.05) is 25.5 Å². The van der Waals surface area contributed by atoms with Gasteiger partial charge >= 0.3 is 17.1 Å². The van der Waals surface area contributed by atoms with Gasteiger partial charge in [0.25, 0.3) is 0 Å². The van der Waals surface area contributed by atoms with Crippen molar-refractivity contribution in [1.29, 1.82) is 0 Å². The summed E-state index contributed by atoms with van der Waals surface area (Å²) in [6, 6.07) is 0. The molecule has 6 unspecified atom stereocenters. The van der Waals surface area contributed by atoms with Crippen LogP contribution in [0, 0.1) is 23.7 Å². The fraction of sp³-hybridized carbons (Fsp3) is 1.00. The molecule has 0 saturated carbocycles. The molecule has 0 aromatic rings. The molecular formula is C32H68FeO6P2. The van der Waals surface area contributed by atoms with E-state index in [-0.39, 0.29) is 41.2 Å². The van der Waals surface area contributed by atoms with Crippen molar-refractivity contribution in [1.82, 2.24) is 0 Å². The summed E-state index contributed by atoms with van der Waals surface area (Å²) in [6.45, 7) is 17.7. The van der Waals surface area contributed by atoms with Gasteiger partial charge in [-0.3, -0.25) is 0 Å². The third-order valence-corrected chi connectivity index (χ3v) is 11.2. The normalized spacial score (nSPS) is 17.2. The Kier molecular flexibility index (Phi) is 33.3. The predicted octanol–water partition coefficient (Wildman–Crippen LogP) is 9.98. The van der Waals surface area contributed by atoms with Gasteiger partial charge in [0, 0.05) is 12.3 Å². The van der Waals surface area contributed by atoms with Crippen LogP contribution in [0.1, 0.15) is 158 Å². The van der Waals surface area contributed by atoms with Gasteiger partial charge in [0.05, 0.1) is 13.2 Å². The molecule has 0 fully saturated rings. The molecule has 9 heteroatoms. The molecule has 0 N–H and O–H groups in total. The summed E-state index contributed by atoms with van der Waals surface area (Å²) in [5.41, 5.74) is 0. The number of rotatable bonds is 26. The molecule has 6 atom stereocenters. The minimum atomic E-state index is -3.65. The van der Waals surface area contributed by atoms with Crippen LogP contribution in [0.15, 0.2) is 0 Å². The first-order valence-electron chi connectivity index (χ1n) is 16.9. The van der Waals surface area contributed by atoms with Crippen molar-refractivity contribution in [3.63, 3.8) is 0 Å². The summed E-state index contributed by atoms with van der Waals surface area (Å²) in [5.74, 6) is 1.28. The molecule has 0 amide bonds. The van der Waals surface area contributed by atoms with E-state index in [4.69, 9.17) is 9.05 Å². The van der Waals surface area contributed by atoms with E-state index >= 15 is 0 Å². The SMILES string of the molecule is CCCCC(CC)COP(=O)([O-])CC(CC)CCCC.CCCCC(CC)COP(=O)([O-])CC(CC)CCCC.[Fe+2]. The van der Waals surface area contributed by atoms with Crippen molar-refractivity contribution >= 4 is 15.2 Å². The third-order valence-electron chi connectivity index (χ3n) is 8.15. The van der Waals surface area contributed by atoms with Gasteiger partial charge in [-0.2, -0.15) is 0 Å². The molecule has 0 aromatic carbocycles. The zero-order valence-electron chi connectivity index (χ0n) is 28.1. The van der Waals surface area contributed by atoms with Gasteiger partial charge in [0.2, 0.25) is 0 Å². The molecule has 0 spiro atoms. The van der Waals surface area contributed by atoms with Crippen molar-refractivity contribution < 1.29 is 45.0 Å². The van der Waals surface area contributed by atoms with Gasteiger partial charge in [-0.15, -0.1) is 0 Å². The second-order valence-electron chi connectivity index (χ2n) is 11.8. The van der Waals surface area contributed by atoms with Gasteiger partial charge in [0.1, 0.15) is 15.2 Å². The van der Waals surface area contributed by atoms with E-state index in [9.17, 15) is 18.9 Å². The van der Waals surface area contributed by atoms with Crippen LogP contribution < -0.4 is 9.79 Å². The maximum absolute atomic E-state index is 12.1. The zero-order chi connectivity index (χ0) is 30.9. The molecule has 0 aliphatic carbocycles. The summed E-state index contributed by atoms with van der Waals surface area (Å²) in [4.78, 5) is 24.1. The van der Waals surface area contributed by atoms with Gasteiger partial charge in [-0.25, -0.2) is 0 Å². The van der Waals surface area contributed by atoms with Crippen LogP contribution in [0.25, 0.3) is 0 Å². The van der Waals surface area contributed by atoms with E-state index in [2.05, 4.69) is 55.4 Å². The van der Waals surface area contributed by atoms with Gasteiger partial charge in [-0.05, 0) is 49.4 Å². The van der Waals surface area contributed by atoms with Crippen LogP contribution >= 0.6 is 15.2 Å². The number of hydrogen-bond donors (Lipinski definition) is 0. The number of hydrogen-bond acceptors (Lipinski definition) is 6. The summed E-state index contributed by atoms with van der Waals surface area (Å²) < 4.78 is 34.7. The standard InChI is InChI=1S/2C16H35O3P.Fe/c2*1-5-9-11-15(7-3)13-19-20(17,18)14-16(8-4)12-10-6-2;/h2*15-16H,5-14H2,1-4H3,(H,17,18);/q;;+2/p-2. The van der Waals surface area contributed by atoms with E-state index in [1.54, 1.807) is 0 Å². The minimum absolute atomic E-state index is 0. The van der Waals surface area contributed by atoms with E-state index in [0.717, 1.165) is 103 Å². The molecule has 0 heterocycles. The second kappa shape index (κ2) is 29.5. The quantitative estimate of drug-likeness (QED) is 0.0673. The van der Waals surface area contributed by atoms with Crippen LogP contribution in [0.4, 0.5) is 0 Å². The smallest absolute Gasteiger partial charge is 0.778 e. The maximum atomic E-state index is 12.1. The molecule has 0 bridgehead atoms. The molecular weight excluding hydrogens is 598 g/mol. The Morgan fingerprint density at radius 3 is 0.951 bits per heavy atom. The van der Waals surface area contributed by atoms with Crippen LogP contribution in [0.2, 0.25) is 0 Å². The Bertz CT molecular complexity index is 598. The van der Waals surface area contributed by atoms with Crippen LogP contribution in [-0.4, -0.2) is 25.5 Å². The average Bonchev–Trinajstić information content (AvgIpc) is 2.93. The van der Waals surface area contributed by atoms with Crippen molar-refractivity contribution in [2.24, 2.45) is 23.7 Å². The van der Waals surface area contributed by atoms with Crippen LogP contribution in [0.3, 0.4) is 0 Å². The molecule has 6 nitrogen and oxygen atoms in total. The molecule has 0 saturated heterocycles. The summed E-state index contributed by atoms with van der Waals surface area (Å²) in [7, 11) is -7.31. The van der Waals surface area contributed by atoms with Gasteiger partial charge in [-0.1, -0.05) is 132 Å². The first-order valence-corrected chi connectivity index (χ1v) is 20.3. The topological polar surface area (TPSA) is 98.7 Å². The first kappa shape index (κ1) is 46.2. The monoisotopic (exact) mass is 666 g/mol. The van der Waals surface area contributed by atoms with E-state index in [0.29, 0.717) is 25.0 Å². The Balaban J connectivity index is -0.000000688. The van der Waals surface area contributed by atoms with Crippen molar-refractivity contribution in [3.8, 4) is 0 Å². The van der Waals surface area contributed by atoms with Gasteiger partial charge < -0.3 is 28.0 Å². The molecule has 0 aromatic heterocycles. The van der Waals surface area contributed by atoms with E-state index < -0.39 is 15.2 Å².